The minimum Gasteiger partial charge on any atom is -0.383 e. The van der Waals surface area contributed by atoms with Crippen LogP contribution in [-0.4, -0.2) is 72.2 Å². The molecule has 1 aliphatic rings. The number of hydrogen-bond donors (Lipinski definition) is 0. The molecular formula is C14H24N4O2. The van der Waals surface area contributed by atoms with Crippen molar-refractivity contribution < 1.29 is 9.53 Å². The van der Waals surface area contributed by atoms with Crippen molar-refractivity contribution >= 4 is 5.91 Å². The fourth-order valence-electron chi connectivity index (χ4n) is 2.71. The summed E-state index contributed by atoms with van der Waals surface area (Å²) in [5.41, 5.74) is 0.640. The number of likely N-dealkylation sites (tertiary alicyclic amines) is 1. The van der Waals surface area contributed by atoms with Crippen LogP contribution in [0.25, 0.3) is 0 Å². The summed E-state index contributed by atoms with van der Waals surface area (Å²) < 4.78 is 6.87. The summed E-state index contributed by atoms with van der Waals surface area (Å²) in [5, 5.41) is 0. The molecule has 2 rings (SSSR count). The van der Waals surface area contributed by atoms with Gasteiger partial charge in [-0.3, -0.25) is 4.79 Å². The van der Waals surface area contributed by atoms with Crippen molar-refractivity contribution in [2.24, 2.45) is 13.0 Å². The number of aromatic nitrogens is 2. The SMILES string of the molecule is COCCN1CCC(CN(C)C(=O)c2cncn2C)C1. The summed E-state index contributed by atoms with van der Waals surface area (Å²) in [6, 6.07) is 0. The molecule has 0 aliphatic carbocycles. The van der Waals surface area contributed by atoms with Crippen LogP contribution in [-0.2, 0) is 11.8 Å². The van der Waals surface area contributed by atoms with E-state index in [9.17, 15) is 4.79 Å². The fourth-order valence-corrected chi connectivity index (χ4v) is 2.71. The van der Waals surface area contributed by atoms with Crippen LogP contribution in [0.15, 0.2) is 12.5 Å². The lowest BCUT2D eigenvalue weighted by Crippen LogP contribution is -2.34. The van der Waals surface area contributed by atoms with E-state index in [1.165, 1.54) is 0 Å². The highest BCUT2D eigenvalue weighted by atomic mass is 16.5. The van der Waals surface area contributed by atoms with Gasteiger partial charge in [-0.2, -0.15) is 0 Å². The number of ether oxygens (including phenoxy) is 1. The van der Waals surface area contributed by atoms with E-state index in [4.69, 9.17) is 4.74 Å². The molecule has 1 unspecified atom stereocenters. The first-order chi connectivity index (χ1) is 9.61. The predicted octanol–water partition coefficient (Wildman–Crippen LogP) is 0.460. The summed E-state index contributed by atoms with van der Waals surface area (Å²) in [5.74, 6) is 0.592. The minimum absolute atomic E-state index is 0.0420. The number of methoxy groups -OCH3 is 1. The number of aryl methyl sites for hydroxylation is 1. The molecule has 1 fully saturated rings. The number of amides is 1. The topological polar surface area (TPSA) is 50.6 Å². The molecule has 20 heavy (non-hydrogen) atoms. The molecule has 0 N–H and O–H groups in total. The standard InChI is InChI=1S/C14H24N4O2/c1-16(14(19)13-8-15-11-17(13)2)9-12-4-5-18(10-12)6-7-20-3/h8,11-12H,4-7,9-10H2,1-3H3. The first kappa shape index (κ1) is 15.0. The molecule has 0 bridgehead atoms. The molecule has 1 aliphatic heterocycles. The molecule has 6 nitrogen and oxygen atoms in total. The van der Waals surface area contributed by atoms with Crippen LogP contribution in [0.4, 0.5) is 0 Å². The molecule has 0 radical (unpaired) electrons. The quantitative estimate of drug-likeness (QED) is 0.760. The van der Waals surface area contributed by atoms with Gasteiger partial charge in [0.1, 0.15) is 5.69 Å². The molecule has 112 valence electrons. The number of carbonyl (C=O) groups is 1. The molecule has 1 aromatic rings. The zero-order valence-electron chi connectivity index (χ0n) is 12.6. The van der Waals surface area contributed by atoms with E-state index >= 15 is 0 Å². The van der Waals surface area contributed by atoms with Crippen LogP contribution < -0.4 is 0 Å². The van der Waals surface area contributed by atoms with E-state index in [0.29, 0.717) is 11.6 Å². The summed E-state index contributed by atoms with van der Waals surface area (Å²) >= 11 is 0. The number of nitrogens with zero attached hydrogens (tertiary/aromatic N) is 4. The first-order valence-corrected chi connectivity index (χ1v) is 7.05. The van der Waals surface area contributed by atoms with Gasteiger partial charge in [-0.25, -0.2) is 4.98 Å². The van der Waals surface area contributed by atoms with Crippen LogP contribution in [0.5, 0.6) is 0 Å². The van der Waals surface area contributed by atoms with Gasteiger partial charge in [0, 0.05) is 40.8 Å². The molecule has 0 saturated carbocycles. The summed E-state index contributed by atoms with van der Waals surface area (Å²) in [6.07, 6.45) is 4.42. The van der Waals surface area contributed by atoms with Crippen molar-refractivity contribution in [1.29, 1.82) is 0 Å². The number of carbonyl (C=O) groups excluding carboxylic acids is 1. The molecule has 1 atom stereocenters. The van der Waals surface area contributed by atoms with Crippen LogP contribution in [0.1, 0.15) is 16.9 Å². The van der Waals surface area contributed by atoms with Gasteiger partial charge in [0.05, 0.1) is 19.1 Å². The summed E-state index contributed by atoms with van der Waals surface area (Å²) in [7, 11) is 5.44. The van der Waals surface area contributed by atoms with Crippen LogP contribution in [0.3, 0.4) is 0 Å². The van der Waals surface area contributed by atoms with Crippen molar-refractivity contribution in [3.63, 3.8) is 0 Å². The van der Waals surface area contributed by atoms with E-state index in [0.717, 1.165) is 39.2 Å². The van der Waals surface area contributed by atoms with Gasteiger partial charge in [-0.05, 0) is 18.9 Å². The summed E-state index contributed by atoms with van der Waals surface area (Å²) in [4.78, 5) is 20.5. The lowest BCUT2D eigenvalue weighted by molar-refractivity contribution is 0.0762. The largest absolute Gasteiger partial charge is 0.383 e. The van der Waals surface area contributed by atoms with Crippen molar-refractivity contribution in [1.82, 2.24) is 19.4 Å². The number of imidazole rings is 1. The Morgan fingerprint density at radius 3 is 3.05 bits per heavy atom. The maximum Gasteiger partial charge on any atom is 0.271 e. The maximum atomic E-state index is 12.3. The highest BCUT2D eigenvalue weighted by Gasteiger charge is 2.25. The molecule has 2 heterocycles. The lowest BCUT2D eigenvalue weighted by Gasteiger charge is -2.21. The third-order valence-corrected chi connectivity index (χ3v) is 3.90. The fraction of sp³-hybridized carbons (Fsp3) is 0.714. The Hall–Kier alpha value is -1.40. The Morgan fingerprint density at radius 2 is 2.40 bits per heavy atom. The van der Waals surface area contributed by atoms with Crippen LogP contribution in [0.2, 0.25) is 0 Å². The first-order valence-electron chi connectivity index (χ1n) is 7.05. The maximum absolute atomic E-state index is 12.3. The van der Waals surface area contributed by atoms with Crippen LogP contribution in [0, 0.1) is 5.92 Å². The zero-order chi connectivity index (χ0) is 14.5. The Balaban J connectivity index is 1.82. The Labute approximate surface area is 120 Å². The Kier molecular flexibility index (Phi) is 5.14. The van der Waals surface area contributed by atoms with Crippen molar-refractivity contribution in [3.8, 4) is 0 Å². The highest BCUT2D eigenvalue weighted by molar-refractivity contribution is 5.92. The second-order valence-corrected chi connectivity index (χ2v) is 5.52. The average Bonchev–Trinajstić information content (AvgIpc) is 3.04. The molecule has 0 spiro atoms. The minimum atomic E-state index is 0.0420. The van der Waals surface area contributed by atoms with Gasteiger partial charge >= 0.3 is 0 Å². The van der Waals surface area contributed by atoms with Gasteiger partial charge < -0.3 is 19.1 Å². The van der Waals surface area contributed by atoms with Gasteiger partial charge in [0.2, 0.25) is 0 Å². The van der Waals surface area contributed by atoms with Gasteiger partial charge in [0.15, 0.2) is 0 Å². The van der Waals surface area contributed by atoms with E-state index in [1.807, 2.05) is 19.0 Å². The van der Waals surface area contributed by atoms with E-state index < -0.39 is 0 Å². The molecular weight excluding hydrogens is 256 g/mol. The third-order valence-electron chi connectivity index (χ3n) is 3.90. The second-order valence-electron chi connectivity index (χ2n) is 5.52. The second kappa shape index (κ2) is 6.85. The number of rotatable bonds is 6. The molecule has 1 amide bonds. The Bertz CT molecular complexity index is 446. The van der Waals surface area contributed by atoms with Crippen LogP contribution >= 0.6 is 0 Å². The Morgan fingerprint density at radius 1 is 1.60 bits per heavy atom. The molecule has 1 saturated heterocycles. The smallest absolute Gasteiger partial charge is 0.271 e. The van der Waals surface area contributed by atoms with E-state index in [-0.39, 0.29) is 5.91 Å². The normalized spacial score (nSPS) is 19.4. The average molecular weight is 280 g/mol. The third kappa shape index (κ3) is 3.58. The predicted molar refractivity (Wildman–Crippen MR) is 76.6 cm³/mol. The molecule has 1 aromatic heterocycles. The highest BCUT2D eigenvalue weighted by Crippen LogP contribution is 2.17. The van der Waals surface area contributed by atoms with Crippen molar-refractivity contribution in [3.05, 3.63) is 18.2 Å². The lowest BCUT2D eigenvalue weighted by atomic mass is 10.1. The van der Waals surface area contributed by atoms with Gasteiger partial charge in [0.25, 0.3) is 5.91 Å². The van der Waals surface area contributed by atoms with Gasteiger partial charge in [-0.15, -0.1) is 0 Å². The van der Waals surface area contributed by atoms with Crippen molar-refractivity contribution in [2.75, 3.05) is 46.9 Å². The van der Waals surface area contributed by atoms with E-state index in [2.05, 4.69) is 9.88 Å². The number of hydrogen-bond acceptors (Lipinski definition) is 4. The van der Waals surface area contributed by atoms with E-state index in [1.54, 1.807) is 24.2 Å². The van der Waals surface area contributed by atoms with Crippen molar-refractivity contribution in [2.45, 2.75) is 6.42 Å². The summed E-state index contributed by atoms with van der Waals surface area (Å²) in [6.45, 7) is 4.70. The monoisotopic (exact) mass is 280 g/mol. The molecule has 0 aromatic carbocycles. The van der Waals surface area contributed by atoms with Gasteiger partial charge in [-0.1, -0.05) is 0 Å². The molecule has 6 heteroatoms. The zero-order valence-corrected chi connectivity index (χ0v) is 12.6.